The molecule has 120 valence electrons. The van der Waals surface area contributed by atoms with Crippen LogP contribution in [0.25, 0.3) is 0 Å². The molecule has 20 heavy (non-hydrogen) atoms. The third kappa shape index (κ3) is 159. The van der Waals surface area contributed by atoms with Crippen LogP contribution in [0, 0.1) is 0 Å². The molecule has 0 N–H and O–H groups in total. The van der Waals surface area contributed by atoms with Gasteiger partial charge in [0.15, 0.2) is 0 Å². The average Bonchev–Trinajstić information content (AvgIpc) is 2.45. The predicted octanol–water partition coefficient (Wildman–Crippen LogP) is -0.0500. The molecule has 0 heterocycles. The first-order valence-corrected chi connectivity index (χ1v) is 78.2. The third-order valence-corrected chi connectivity index (χ3v) is 0. The molecule has 0 aromatic rings. The van der Waals surface area contributed by atoms with Crippen molar-refractivity contribution in [3.63, 3.8) is 0 Å². The summed E-state index contributed by atoms with van der Waals surface area (Å²) in [4.78, 5) is 0. The molecule has 0 amide bonds. The van der Waals surface area contributed by atoms with Crippen LogP contribution in [0.5, 0.6) is 0 Å². The van der Waals surface area contributed by atoms with Gasteiger partial charge in [0.2, 0.25) is 0 Å². The Kier molecular flexibility index (Phi) is 733. The van der Waals surface area contributed by atoms with Gasteiger partial charge in [-0.25, -0.2) is 0 Å². The molecule has 0 saturated heterocycles. The average molecular weight is 3680 g/mol. The summed E-state index contributed by atoms with van der Waals surface area (Å²) in [5.41, 5.74) is 0. The van der Waals surface area contributed by atoms with Crippen molar-refractivity contribution in [3.05, 3.63) is 0 Å². The monoisotopic (exact) mass is 3680 g/mol. The van der Waals surface area contributed by atoms with E-state index in [4.69, 9.17) is 0 Å². The zero-order valence-electron chi connectivity index (χ0n) is 8.16. The van der Waals surface area contributed by atoms with Crippen LogP contribution in [-0.2, 0) is 352 Å². The van der Waals surface area contributed by atoms with Crippen LogP contribution in [-0.4, -0.2) is 0 Å². The Morgan fingerprint density at radius 2 is 0.200 bits per heavy atom. The Morgan fingerprint density at radius 1 is 0.200 bits per heavy atom. The number of hydrogen-bond donors (Lipinski definition) is 0. The molecule has 0 aliphatic carbocycles. The van der Waals surface area contributed by atoms with Crippen molar-refractivity contribution in [2.24, 2.45) is 0 Å². The minimum atomic E-state index is 0. The topological polar surface area (TPSA) is 0 Å². The van der Waals surface area contributed by atoms with Crippen molar-refractivity contribution in [1.29, 1.82) is 0 Å². The van der Waals surface area contributed by atoms with Crippen molar-refractivity contribution in [2.75, 3.05) is 0 Å². The molecule has 0 unspecified atom stereocenters. The van der Waals surface area contributed by atoms with Crippen molar-refractivity contribution in [1.82, 2.24) is 0 Å². The maximum absolute atomic E-state index is 1.67. The second-order valence-electron chi connectivity index (χ2n) is 0. The molecule has 0 aliphatic rings. The van der Waals surface area contributed by atoms with Gasteiger partial charge in [0.25, 0.3) is 0 Å². The fourth-order valence-corrected chi connectivity index (χ4v) is 0. The van der Waals surface area contributed by atoms with Gasteiger partial charge in [0.1, 0.15) is 0 Å². The molecule has 0 aromatic carbocycles. The summed E-state index contributed by atoms with van der Waals surface area (Å²) < 4.78 is 0. The number of rotatable bonds is 0. The van der Waals surface area contributed by atoms with Crippen molar-refractivity contribution in [2.45, 2.75) is 0 Å². The zero-order valence-corrected chi connectivity index (χ0v) is 66.8. The summed E-state index contributed by atoms with van der Waals surface area (Å²) in [6, 6.07) is 0. The molecule has 0 spiro atoms. The van der Waals surface area contributed by atoms with E-state index in [1.807, 2.05) is 0 Å². The summed E-state index contributed by atoms with van der Waals surface area (Å²) in [6.45, 7) is 0. The van der Waals surface area contributed by atoms with E-state index in [-0.39, 0.29) is 126 Å². The van der Waals surface area contributed by atoms with E-state index in [2.05, 4.69) is 0 Å². The van der Waals surface area contributed by atoms with Crippen molar-refractivity contribution < 1.29 is 352 Å². The van der Waals surface area contributed by atoms with Crippen LogP contribution in [0.15, 0.2) is 0 Å². The van der Waals surface area contributed by atoms with Gasteiger partial charge in [0.05, 0.1) is 0 Å². The maximum atomic E-state index is 1.67. The fraction of sp³-hybridized carbons (Fsp3) is 0. The van der Waals surface area contributed by atoms with E-state index >= 15 is 0 Å². The summed E-state index contributed by atoms with van der Waals surface area (Å²) in [6.07, 6.45) is 0. The van der Waals surface area contributed by atoms with Crippen molar-refractivity contribution >= 4 is 0 Å². The fourth-order valence-electron chi connectivity index (χ4n) is 0. The Bertz CT molecular complexity index is 59.7. The predicted molar refractivity (Wildman–Crippen MR) is 0 cm³/mol. The standard InChI is InChI=1S/20W. The van der Waals surface area contributed by atoms with Gasteiger partial charge in [-0.1, -0.05) is 0 Å². The first kappa shape index (κ1) is 84.1. The number of hydrogen-bond acceptors (Lipinski definition) is 0. The summed E-state index contributed by atoms with van der Waals surface area (Å²) >= 11 is 23.3. The minimum absolute atomic E-state index is 0. The Morgan fingerprint density at radius 3 is 0.200 bits per heavy atom. The molecular weight excluding hydrogens is 3680 g/mol. The van der Waals surface area contributed by atoms with Crippen LogP contribution >= 0.6 is 0 Å². The van der Waals surface area contributed by atoms with Crippen LogP contribution in [0.1, 0.15) is 0 Å². The third-order valence-electron chi connectivity index (χ3n) is 0. The van der Waals surface area contributed by atoms with E-state index < -0.39 is 0 Å². The zero-order chi connectivity index (χ0) is 14.0. The van der Waals surface area contributed by atoms with Gasteiger partial charge in [-0.2, -0.15) is 0 Å². The molecular formula is W20. The summed E-state index contributed by atoms with van der Waals surface area (Å²) in [5, 5.41) is 0. The summed E-state index contributed by atoms with van der Waals surface area (Å²) in [7, 11) is 0. The molecule has 0 nitrogen and oxygen atoms in total. The molecule has 0 saturated carbocycles. The molecule has 20 heteroatoms. The van der Waals surface area contributed by atoms with Gasteiger partial charge in [-0.3, -0.25) is 0 Å². The molecule has 0 atom stereocenters. The molecule has 0 radical (unpaired) electrons. The first-order chi connectivity index (χ1) is 7.00. The normalized spacial score (nSPS) is 1.10. The van der Waals surface area contributed by atoms with Crippen LogP contribution in [0.2, 0.25) is 0 Å². The Balaban J connectivity index is -0.00000000247. The molecule has 0 aromatic heterocycles. The van der Waals surface area contributed by atoms with E-state index in [9.17, 15) is 0 Å². The molecule has 0 aliphatic heterocycles. The molecule has 0 fully saturated rings. The quantitative estimate of drug-likeness (QED) is 0.320. The van der Waals surface area contributed by atoms with Gasteiger partial charge in [-0.15, -0.1) is 0 Å². The second-order valence-corrected chi connectivity index (χ2v) is 0. The Hall–Kier alpha value is 13.8. The SMILES string of the molecule is [W].[W].[W].[W].[W].[W].[W]#[W].[W]#[W].[W]#[W].[W]=[W].[W]=[W].[W]=[W].[W]=[W]. The summed E-state index contributed by atoms with van der Waals surface area (Å²) in [5.74, 6) is 0. The van der Waals surface area contributed by atoms with Crippen LogP contribution < -0.4 is 0 Å². The van der Waals surface area contributed by atoms with Crippen molar-refractivity contribution in [3.8, 4) is 0 Å². The van der Waals surface area contributed by atoms with E-state index in [1.54, 1.807) is 225 Å². The Labute approximate surface area is 340 Å². The van der Waals surface area contributed by atoms with Gasteiger partial charge in [-0.05, 0) is 0 Å². The van der Waals surface area contributed by atoms with Crippen LogP contribution in [0.4, 0.5) is 0 Å². The van der Waals surface area contributed by atoms with Gasteiger partial charge in [0, 0.05) is 126 Å². The van der Waals surface area contributed by atoms with Gasteiger partial charge < -0.3 is 0 Å². The van der Waals surface area contributed by atoms with Crippen LogP contribution in [0.3, 0.4) is 0 Å². The van der Waals surface area contributed by atoms with E-state index in [1.165, 1.54) is 0 Å². The molecule has 0 rings (SSSR count). The van der Waals surface area contributed by atoms with E-state index in [0.717, 1.165) is 0 Å². The first-order valence-electron chi connectivity index (χ1n) is 1.17. The molecule has 0 bridgehead atoms. The van der Waals surface area contributed by atoms with Gasteiger partial charge >= 0.3 is 225 Å². The van der Waals surface area contributed by atoms with E-state index in [0.29, 0.717) is 0 Å². The second kappa shape index (κ2) is 174.